The van der Waals surface area contributed by atoms with Crippen LogP contribution in [0.5, 0.6) is 5.75 Å². The Morgan fingerprint density at radius 3 is 2.86 bits per heavy atom. The molecular formula is C15H22N4O2. The lowest BCUT2D eigenvalue weighted by Crippen LogP contribution is -2.22. The van der Waals surface area contributed by atoms with Crippen molar-refractivity contribution in [1.29, 1.82) is 5.26 Å². The predicted molar refractivity (Wildman–Crippen MR) is 83.0 cm³/mol. The average Bonchev–Trinajstić information content (AvgIpc) is 2.47. The van der Waals surface area contributed by atoms with Crippen LogP contribution in [0, 0.1) is 11.3 Å². The van der Waals surface area contributed by atoms with E-state index in [1.165, 1.54) is 0 Å². The normalized spacial score (nSPS) is 10.2. The molecule has 0 spiro atoms. The standard InChI is InChI=1S/C15H22N4O2/c1-19(10-4-8-16)9-3-5-15(20)18-14-7-6-12(21-2)11-13(14)17/h6-7,11H,3-5,9-10,17H2,1-2H3,(H,18,20). The van der Waals surface area contributed by atoms with Crippen molar-refractivity contribution >= 4 is 17.3 Å². The summed E-state index contributed by atoms with van der Waals surface area (Å²) in [6, 6.07) is 7.25. The summed E-state index contributed by atoms with van der Waals surface area (Å²) in [5, 5.41) is 11.3. The van der Waals surface area contributed by atoms with Crippen molar-refractivity contribution in [3.8, 4) is 11.8 Å². The summed E-state index contributed by atoms with van der Waals surface area (Å²) in [7, 11) is 3.51. The van der Waals surface area contributed by atoms with Crippen LogP contribution < -0.4 is 15.8 Å². The van der Waals surface area contributed by atoms with Crippen molar-refractivity contribution in [2.24, 2.45) is 0 Å². The summed E-state index contributed by atoms with van der Waals surface area (Å²) in [5.41, 5.74) is 6.92. The van der Waals surface area contributed by atoms with Gasteiger partial charge in [0.25, 0.3) is 0 Å². The molecule has 0 radical (unpaired) electrons. The van der Waals surface area contributed by atoms with Gasteiger partial charge in [0.15, 0.2) is 0 Å². The molecule has 0 atom stereocenters. The molecule has 0 saturated carbocycles. The molecule has 6 heteroatoms. The number of nitrogens with two attached hydrogens (primary N) is 1. The van der Waals surface area contributed by atoms with Gasteiger partial charge >= 0.3 is 0 Å². The molecule has 6 nitrogen and oxygen atoms in total. The number of carbonyl (C=O) groups excluding carboxylic acids is 1. The first-order chi connectivity index (χ1) is 10.1. The van der Waals surface area contributed by atoms with E-state index in [2.05, 4.69) is 11.4 Å². The second-order valence-electron chi connectivity index (χ2n) is 4.82. The molecule has 114 valence electrons. The number of nitrogens with one attached hydrogen (secondary N) is 1. The zero-order chi connectivity index (χ0) is 15.7. The second-order valence-corrected chi connectivity index (χ2v) is 4.82. The van der Waals surface area contributed by atoms with Crippen molar-refractivity contribution in [2.75, 3.05) is 38.3 Å². The Balaban J connectivity index is 2.36. The summed E-state index contributed by atoms with van der Waals surface area (Å²) in [4.78, 5) is 13.9. The molecule has 0 bridgehead atoms. The molecule has 1 aromatic rings. The van der Waals surface area contributed by atoms with Crippen molar-refractivity contribution in [1.82, 2.24) is 4.90 Å². The number of methoxy groups -OCH3 is 1. The number of hydrogen-bond acceptors (Lipinski definition) is 5. The zero-order valence-corrected chi connectivity index (χ0v) is 12.6. The van der Waals surface area contributed by atoms with Gasteiger partial charge in [0.2, 0.25) is 5.91 Å². The molecule has 0 heterocycles. The largest absolute Gasteiger partial charge is 0.497 e. The molecule has 21 heavy (non-hydrogen) atoms. The molecule has 0 saturated heterocycles. The fourth-order valence-electron chi connectivity index (χ4n) is 1.86. The lowest BCUT2D eigenvalue weighted by molar-refractivity contribution is -0.116. The number of ether oxygens (including phenoxy) is 1. The molecule has 0 aliphatic carbocycles. The number of nitriles is 1. The minimum Gasteiger partial charge on any atom is -0.497 e. The Morgan fingerprint density at radius 1 is 1.48 bits per heavy atom. The van der Waals surface area contributed by atoms with E-state index >= 15 is 0 Å². The molecule has 1 amide bonds. The van der Waals surface area contributed by atoms with E-state index in [1.54, 1.807) is 25.3 Å². The molecule has 0 aliphatic rings. The highest BCUT2D eigenvalue weighted by Crippen LogP contribution is 2.24. The summed E-state index contributed by atoms with van der Waals surface area (Å²) in [6.45, 7) is 1.51. The number of nitrogens with zero attached hydrogens (tertiary/aromatic N) is 2. The van der Waals surface area contributed by atoms with Crippen molar-refractivity contribution in [3.63, 3.8) is 0 Å². The first kappa shape index (κ1) is 16.8. The van der Waals surface area contributed by atoms with Gasteiger partial charge < -0.3 is 20.7 Å². The topological polar surface area (TPSA) is 91.4 Å². The molecular weight excluding hydrogens is 268 g/mol. The van der Waals surface area contributed by atoms with Crippen LogP contribution in [0.25, 0.3) is 0 Å². The average molecular weight is 290 g/mol. The van der Waals surface area contributed by atoms with E-state index in [-0.39, 0.29) is 5.91 Å². The van der Waals surface area contributed by atoms with Crippen molar-refractivity contribution in [3.05, 3.63) is 18.2 Å². The first-order valence-electron chi connectivity index (χ1n) is 6.85. The van der Waals surface area contributed by atoms with Crippen LogP contribution in [0.15, 0.2) is 18.2 Å². The van der Waals surface area contributed by atoms with E-state index in [0.717, 1.165) is 19.5 Å². The number of carbonyl (C=O) groups is 1. The summed E-state index contributed by atoms with van der Waals surface area (Å²) >= 11 is 0. The first-order valence-corrected chi connectivity index (χ1v) is 6.85. The summed E-state index contributed by atoms with van der Waals surface area (Å²) in [6.07, 6.45) is 1.66. The molecule has 3 N–H and O–H groups in total. The van der Waals surface area contributed by atoms with E-state index in [0.29, 0.717) is 30.0 Å². The number of anilines is 2. The van der Waals surface area contributed by atoms with Gasteiger partial charge in [0.05, 0.1) is 24.6 Å². The van der Waals surface area contributed by atoms with Crippen LogP contribution in [-0.4, -0.2) is 38.1 Å². The van der Waals surface area contributed by atoms with Crippen LogP contribution in [0.3, 0.4) is 0 Å². The van der Waals surface area contributed by atoms with Crippen LogP contribution in [0.4, 0.5) is 11.4 Å². The van der Waals surface area contributed by atoms with E-state index < -0.39 is 0 Å². The molecule has 0 aromatic heterocycles. The number of benzene rings is 1. The van der Waals surface area contributed by atoms with Crippen molar-refractivity contribution in [2.45, 2.75) is 19.3 Å². The number of nitrogen functional groups attached to an aromatic ring is 1. The third-order valence-electron chi connectivity index (χ3n) is 3.08. The highest BCUT2D eigenvalue weighted by Gasteiger charge is 2.07. The van der Waals surface area contributed by atoms with Gasteiger partial charge in [-0.2, -0.15) is 5.26 Å². The highest BCUT2D eigenvalue weighted by atomic mass is 16.5. The van der Waals surface area contributed by atoms with Gasteiger partial charge in [0.1, 0.15) is 5.75 Å². The van der Waals surface area contributed by atoms with Crippen LogP contribution >= 0.6 is 0 Å². The fraction of sp³-hybridized carbons (Fsp3) is 0.467. The summed E-state index contributed by atoms with van der Waals surface area (Å²) in [5.74, 6) is 0.588. The number of hydrogen-bond donors (Lipinski definition) is 2. The smallest absolute Gasteiger partial charge is 0.224 e. The quantitative estimate of drug-likeness (QED) is 0.713. The molecule has 0 fully saturated rings. The Labute approximate surface area is 125 Å². The number of amides is 1. The van der Waals surface area contributed by atoms with Gasteiger partial charge in [0, 0.05) is 25.5 Å². The Kier molecular flexibility index (Phi) is 7.05. The Bertz CT molecular complexity index is 511. The second kappa shape index (κ2) is 8.82. The SMILES string of the molecule is COc1ccc(NC(=O)CCCN(C)CCC#N)c(N)c1. The Morgan fingerprint density at radius 2 is 2.24 bits per heavy atom. The van der Waals surface area contributed by atoms with Crippen molar-refractivity contribution < 1.29 is 9.53 Å². The predicted octanol–water partition coefficient (Wildman–Crippen LogP) is 1.84. The van der Waals surface area contributed by atoms with Gasteiger partial charge in [-0.05, 0) is 32.1 Å². The lowest BCUT2D eigenvalue weighted by atomic mass is 10.2. The maximum absolute atomic E-state index is 11.8. The summed E-state index contributed by atoms with van der Waals surface area (Å²) < 4.78 is 5.06. The zero-order valence-electron chi connectivity index (χ0n) is 12.6. The molecule has 0 unspecified atom stereocenters. The minimum absolute atomic E-state index is 0.0689. The van der Waals surface area contributed by atoms with Crippen LogP contribution in [0.1, 0.15) is 19.3 Å². The van der Waals surface area contributed by atoms with Gasteiger partial charge in [-0.15, -0.1) is 0 Å². The third-order valence-corrected chi connectivity index (χ3v) is 3.08. The third kappa shape index (κ3) is 6.15. The van der Waals surface area contributed by atoms with Gasteiger partial charge in [-0.3, -0.25) is 4.79 Å². The van der Waals surface area contributed by atoms with E-state index in [4.69, 9.17) is 15.7 Å². The lowest BCUT2D eigenvalue weighted by Gasteiger charge is -2.14. The van der Waals surface area contributed by atoms with Crippen LogP contribution in [0.2, 0.25) is 0 Å². The number of rotatable bonds is 8. The monoisotopic (exact) mass is 290 g/mol. The maximum atomic E-state index is 11.8. The van der Waals surface area contributed by atoms with Gasteiger partial charge in [-0.25, -0.2) is 0 Å². The van der Waals surface area contributed by atoms with Crippen LogP contribution in [-0.2, 0) is 4.79 Å². The van der Waals surface area contributed by atoms with E-state index in [9.17, 15) is 4.79 Å². The minimum atomic E-state index is -0.0689. The molecule has 0 aliphatic heterocycles. The maximum Gasteiger partial charge on any atom is 0.224 e. The molecule has 1 rings (SSSR count). The van der Waals surface area contributed by atoms with Gasteiger partial charge in [-0.1, -0.05) is 0 Å². The van der Waals surface area contributed by atoms with E-state index in [1.807, 2.05) is 11.9 Å². The Hall–Kier alpha value is -2.26. The fourth-order valence-corrected chi connectivity index (χ4v) is 1.86. The highest BCUT2D eigenvalue weighted by molar-refractivity contribution is 5.93. The molecule has 1 aromatic carbocycles.